The SMILES string of the molecule is CC(=O)N[C@H]1C[C@@H](c2cc(NC(=O)CNCc3ccccc3)[nH]n2)C1. The quantitative estimate of drug-likeness (QED) is 0.613. The number of anilines is 1. The van der Waals surface area contributed by atoms with Crippen molar-refractivity contribution >= 4 is 17.6 Å². The van der Waals surface area contributed by atoms with Crippen molar-refractivity contribution in [2.75, 3.05) is 11.9 Å². The van der Waals surface area contributed by atoms with Crippen LogP contribution in [0, 0.1) is 0 Å². The molecule has 0 aliphatic heterocycles. The minimum atomic E-state index is -0.115. The number of nitrogens with one attached hydrogen (secondary N) is 4. The monoisotopic (exact) mass is 341 g/mol. The van der Waals surface area contributed by atoms with Gasteiger partial charge in [0.2, 0.25) is 11.8 Å². The Morgan fingerprint density at radius 3 is 2.72 bits per heavy atom. The summed E-state index contributed by atoms with van der Waals surface area (Å²) in [6, 6.07) is 12.0. The highest BCUT2D eigenvalue weighted by Gasteiger charge is 2.32. The Morgan fingerprint density at radius 2 is 2.00 bits per heavy atom. The lowest BCUT2D eigenvalue weighted by molar-refractivity contribution is -0.120. The molecule has 132 valence electrons. The molecule has 0 unspecified atom stereocenters. The van der Waals surface area contributed by atoms with Gasteiger partial charge in [0.15, 0.2) is 0 Å². The van der Waals surface area contributed by atoms with Crippen LogP contribution >= 0.6 is 0 Å². The average Bonchev–Trinajstić information content (AvgIpc) is 2.99. The fourth-order valence-electron chi connectivity index (χ4n) is 2.99. The maximum atomic E-state index is 12.0. The van der Waals surface area contributed by atoms with Gasteiger partial charge in [-0.25, -0.2) is 0 Å². The Kier molecular flexibility index (Phi) is 5.45. The minimum Gasteiger partial charge on any atom is -0.354 e. The van der Waals surface area contributed by atoms with Gasteiger partial charge in [-0.2, -0.15) is 5.10 Å². The molecule has 2 aromatic rings. The van der Waals surface area contributed by atoms with Crippen molar-refractivity contribution in [3.05, 3.63) is 47.7 Å². The van der Waals surface area contributed by atoms with Crippen LogP contribution in [0.4, 0.5) is 5.82 Å². The highest BCUT2D eigenvalue weighted by atomic mass is 16.2. The van der Waals surface area contributed by atoms with Crippen LogP contribution in [-0.4, -0.2) is 34.6 Å². The van der Waals surface area contributed by atoms with Crippen molar-refractivity contribution in [3.8, 4) is 0 Å². The van der Waals surface area contributed by atoms with Gasteiger partial charge in [-0.05, 0) is 18.4 Å². The van der Waals surface area contributed by atoms with Crippen molar-refractivity contribution in [2.45, 2.75) is 38.3 Å². The molecule has 7 heteroatoms. The predicted molar refractivity (Wildman–Crippen MR) is 94.9 cm³/mol. The molecule has 0 atom stereocenters. The van der Waals surface area contributed by atoms with Crippen LogP contribution in [0.1, 0.15) is 36.9 Å². The molecular weight excluding hydrogens is 318 g/mol. The Hall–Kier alpha value is -2.67. The number of hydrogen-bond donors (Lipinski definition) is 4. The summed E-state index contributed by atoms with van der Waals surface area (Å²) >= 11 is 0. The summed E-state index contributed by atoms with van der Waals surface area (Å²) in [5, 5.41) is 15.9. The van der Waals surface area contributed by atoms with Gasteiger partial charge in [0.1, 0.15) is 5.82 Å². The third-order valence-electron chi connectivity index (χ3n) is 4.29. The van der Waals surface area contributed by atoms with E-state index in [1.807, 2.05) is 36.4 Å². The van der Waals surface area contributed by atoms with Crippen LogP contribution in [0.2, 0.25) is 0 Å². The molecule has 1 fully saturated rings. The number of rotatable bonds is 7. The molecule has 7 nitrogen and oxygen atoms in total. The van der Waals surface area contributed by atoms with E-state index in [1.54, 1.807) is 0 Å². The Balaban J connectivity index is 1.39. The van der Waals surface area contributed by atoms with Crippen molar-refractivity contribution in [3.63, 3.8) is 0 Å². The van der Waals surface area contributed by atoms with E-state index < -0.39 is 0 Å². The van der Waals surface area contributed by atoms with Gasteiger partial charge in [-0.1, -0.05) is 30.3 Å². The lowest BCUT2D eigenvalue weighted by Crippen LogP contribution is -2.42. The average molecular weight is 341 g/mol. The van der Waals surface area contributed by atoms with Crippen LogP contribution < -0.4 is 16.0 Å². The van der Waals surface area contributed by atoms with E-state index in [0.717, 1.165) is 24.1 Å². The maximum Gasteiger partial charge on any atom is 0.239 e. The molecular formula is C18H23N5O2. The summed E-state index contributed by atoms with van der Waals surface area (Å²) < 4.78 is 0. The fourth-order valence-corrected chi connectivity index (χ4v) is 2.99. The van der Waals surface area contributed by atoms with Crippen LogP contribution in [0.15, 0.2) is 36.4 Å². The first-order valence-electron chi connectivity index (χ1n) is 8.47. The summed E-state index contributed by atoms with van der Waals surface area (Å²) in [7, 11) is 0. The normalized spacial score (nSPS) is 19.1. The van der Waals surface area contributed by atoms with Gasteiger partial charge < -0.3 is 16.0 Å². The molecule has 1 heterocycles. The lowest BCUT2D eigenvalue weighted by Gasteiger charge is -2.34. The molecule has 1 aliphatic rings. The molecule has 2 amide bonds. The highest BCUT2D eigenvalue weighted by molar-refractivity contribution is 5.91. The largest absolute Gasteiger partial charge is 0.354 e. The minimum absolute atomic E-state index is 0.00133. The first kappa shape index (κ1) is 17.2. The number of H-pyrrole nitrogens is 1. The van der Waals surface area contributed by atoms with E-state index in [1.165, 1.54) is 6.92 Å². The van der Waals surface area contributed by atoms with Gasteiger partial charge in [0.05, 0.1) is 12.2 Å². The van der Waals surface area contributed by atoms with Gasteiger partial charge in [0, 0.05) is 31.5 Å². The molecule has 4 N–H and O–H groups in total. The van der Waals surface area contributed by atoms with Gasteiger partial charge in [-0.3, -0.25) is 14.7 Å². The number of carbonyl (C=O) groups excluding carboxylic acids is 2. The van der Waals surface area contributed by atoms with Crippen molar-refractivity contribution < 1.29 is 9.59 Å². The molecule has 0 bridgehead atoms. The smallest absolute Gasteiger partial charge is 0.239 e. The fraction of sp³-hybridized carbons (Fsp3) is 0.389. The zero-order valence-electron chi connectivity index (χ0n) is 14.2. The number of carbonyl (C=O) groups is 2. The number of nitrogens with zero attached hydrogens (tertiary/aromatic N) is 1. The summed E-state index contributed by atoms with van der Waals surface area (Å²) in [6.45, 7) is 2.41. The second-order valence-electron chi connectivity index (χ2n) is 6.41. The van der Waals surface area contributed by atoms with E-state index in [2.05, 4.69) is 26.1 Å². The van der Waals surface area contributed by atoms with E-state index in [0.29, 0.717) is 18.3 Å². The molecule has 1 aliphatic carbocycles. The Labute approximate surface area is 146 Å². The first-order chi connectivity index (χ1) is 12.1. The zero-order valence-corrected chi connectivity index (χ0v) is 14.2. The third-order valence-corrected chi connectivity index (χ3v) is 4.29. The van der Waals surface area contributed by atoms with Gasteiger partial charge in [-0.15, -0.1) is 0 Å². The Bertz CT molecular complexity index is 722. The third kappa shape index (κ3) is 4.90. The van der Waals surface area contributed by atoms with Crippen molar-refractivity contribution in [1.29, 1.82) is 0 Å². The zero-order chi connectivity index (χ0) is 17.6. The second kappa shape index (κ2) is 7.94. The summed E-state index contributed by atoms with van der Waals surface area (Å²) in [5.74, 6) is 0.816. The summed E-state index contributed by atoms with van der Waals surface area (Å²) in [4.78, 5) is 23.0. The van der Waals surface area contributed by atoms with Crippen molar-refractivity contribution in [2.24, 2.45) is 0 Å². The number of hydrogen-bond acceptors (Lipinski definition) is 4. The number of amides is 2. The molecule has 1 aromatic carbocycles. The van der Waals surface area contributed by atoms with E-state index in [9.17, 15) is 9.59 Å². The number of aromatic nitrogens is 2. The molecule has 1 saturated carbocycles. The Morgan fingerprint density at radius 1 is 1.24 bits per heavy atom. The molecule has 3 rings (SSSR count). The predicted octanol–water partition coefficient (Wildman–Crippen LogP) is 1.52. The number of benzene rings is 1. The second-order valence-corrected chi connectivity index (χ2v) is 6.41. The topological polar surface area (TPSA) is 98.9 Å². The molecule has 0 spiro atoms. The number of aromatic amines is 1. The first-order valence-corrected chi connectivity index (χ1v) is 8.47. The molecule has 1 aromatic heterocycles. The van der Waals surface area contributed by atoms with Crippen molar-refractivity contribution in [1.82, 2.24) is 20.8 Å². The molecule has 0 saturated heterocycles. The highest BCUT2D eigenvalue weighted by Crippen LogP contribution is 2.36. The summed E-state index contributed by atoms with van der Waals surface area (Å²) in [6.07, 6.45) is 1.77. The van der Waals surface area contributed by atoms with Gasteiger partial charge >= 0.3 is 0 Å². The van der Waals surface area contributed by atoms with Crippen LogP contribution in [0.5, 0.6) is 0 Å². The summed E-state index contributed by atoms with van der Waals surface area (Å²) in [5.41, 5.74) is 2.06. The van der Waals surface area contributed by atoms with Crippen LogP contribution in [0.3, 0.4) is 0 Å². The molecule has 0 radical (unpaired) electrons. The van der Waals surface area contributed by atoms with Crippen LogP contribution in [-0.2, 0) is 16.1 Å². The van der Waals surface area contributed by atoms with E-state index >= 15 is 0 Å². The maximum absolute atomic E-state index is 12.0. The van der Waals surface area contributed by atoms with E-state index in [-0.39, 0.29) is 24.4 Å². The van der Waals surface area contributed by atoms with E-state index in [4.69, 9.17) is 0 Å². The van der Waals surface area contributed by atoms with Gasteiger partial charge in [0.25, 0.3) is 0 Å². The van der Waals surface area contributed by atoms with Crippen LogP contribution in [0.25, 0.3) is 0 Å². The lowest BCUT2D eigenvalue weighted by atomic mass is 9.78. The molecule has 25 heavy (non-hydrogen) atoms. The standard InChI is InChI=1S/C18H23N5O2/c1-12(24)20-15-7-14(8-15)16-9-17(23-22-16)21-18(25)11-19-10-13-5-3-2-4-6-13/h2-6,9,14-15,19H,7-8,10-11H2,1H3,(H,20,24)(H2,21,22,23,25)/t14-,15+.